The van der Waals surface area contributed by atoms with Crippen LogP contribution in [-0.2, 0) is 4.84 Å². The number of carbonyl (C=O) groups is 2. The number of imide groups is 1. The van der Waals surface area contributed by atoms with Crippen LogP contribution in [-0.4, -0.2) is 22.4 Å². The monoisotopic (exact) mass is 344 g/mol. The predicted octanol–water partition coefficient (Wildman–Crippen LogP) is 3.43. The maximum Gasteiger partial charge on any atom is 0.263 e. The average Bonchev–Trinajstić information content (AvgIpc) is 2.66. The number of benzene rings is 3. The molecule has 5 nitrogen and oxygen atoms in total. The lowest BCUT2D eigenvalue weighted by molar-refractivity contribution is -0.286. The third-order valence-electron chi connectivity index (χ3n) is 5.27. The molecule has 2 aliphatic heterocycles. The molecular formula is C21H16N2O3. The van der Waals surface area contributed by atoms with E-state index in [0.717, 1.165) is 10.9 Å². The highest BCUT2D eigenvalue weighted by atomic mass is 16.7. The Morgan fingerprint density at radius 1 is 0.885 bits per heavy atom. The zero-order valence-electron chi connectivity index (χ0n) is 14.1. The summed E-state index contributed by atoms with van der Waals surface area (Å²) >= 11 is 0. The molecule has 5 heteroatoms. The largest absolute Gasteiger partial charge is 0.270 e. The molecule has 3 aromatic carbocycles. The van der Waals surface area contributed by atoms with E-state index in [0.29, 0.717) is 16.5 Å². The molecule has 0 aromatic heterocycles. The third-order valence-corrected chi connectivity index (χ3v) is 5.27. The van der Waals surface area contributed by atoms with Gasteiger partial charge in [0.2, 0.25) is 0 Å². The first-order valence-corrected chi connectivity index (χ1v) is 8.50. The molecule has 1 saturated heterocycles. The summed E-state index contributed by atoms with van der Waals surface area (Å²) in [5.74, 6) is -0.659. The summed E-state index contributed by atoms with van der Waals surface area (Å²) in [6.45, 7) is 1.77. The molecule has 128 valence electrons. The van der Waals surface area contributed by atoms with Crippen LogP contribution in [0.15, 0.2) is 66.7 Å². The summed E-state index contributed by atoms with van der Waals surface area (Å²) < 4.78 is 0. The van der Waals surface area contributed by atoms with Gasteiger partial charge in [0.1, 0.15) is 6.04 Å². The molecule has 0 bridgehead atoms. The zero-order chi connectivity index (χ0) is 17.9. The maximum atomic E-state index is 13.2. The van der Waals surface area contributed by atoms with Crippen molar-refractivity contribution in [2.45, 2.75) is 18.7 Å². The second-order valence-corrected chi connectivity index (χ2v) is 6.77. The van der Waals surface area contributed by atoms with E-state index in [-0.39, 0.29) is 17.9 Å². The highest BCUT2D eigenvalue weighted by Crippen LogP contribution is 2.43. The van der Waals surface area contributed by atoms with Gasteiger partial charge >= 0.3 is 0 Å². The van der Waals surface area contributed by atoms with E-state index in [4.69, 9.17) is 4.84 Å². The number of hydrogen-bond donors (Lipinski definition) is 1. The van der Waals surface area contributed by atoms with Gasteiger partial charge in [-0.3, -0.25) is 14.4 Å². The minimum Gasteiger partial charge on any atom is -0.270 e. The number of amides is 2. The van der Waals surface area contributed by atoms with E-state index in [1.807, 2.05) is 54.6 Å². The van der Waals surface area contributed by atoms with E-state index in [9.17, 15) is 9.59 Å². The van der Waals surface area contributed by atoms with E-state index < -0.39 is 5.72 Å². The van der Waals surface area contributed by atoms with Crippen molar-refractivity contribution < 1.29 is 14.4 Å². The quantitative estimate of drug-likeness (QED) is 0.724. The molecule has 1 N–H and O–H groups in total. The second-order valence-electron chi connectivity index (χ2n) is 6.77. The smallest absolute Gasteiger partial charge is 0.263 e. The van der Waals surface area contributed by atoms with Crippen LogP contribution in [0.25, 0.3) is 10.8 Å². The van der Waals surface area contributed by atoms with Crippen LogP contribution in [0.4, 0.5) is 0 Å². The van der Waals surface area contributed by atoms with Crippen LogP contribution in [0.2, 0.25) is 0 Å². The number of nitrogens with one attached hydrogen (secondary N) is 1. The zero-order valence-corrected chi connectivity index (χ0v) is 14.1. The first kappa shape index (κ1) is 15.3. The molecule has 2 atom stereocenters. The Morgan fingerprint density at radius 2 is 1.50 bits per heavy atom. The third kappa shape index (κ3) is 1.87. The number of rotatable bonds is 2. The van der Waals surface area contributed by atoms with Crippen LogP contribution in [0.3, 0.4) is 0 Å². The Balaban J connectivity index is 1.65. The maximum absolute atomic E-state index is 13.2. The van der Waals surface area contributed by atoms with Gasteiger partial charge < -0.3 is 0 Å². The van der Waals surface area contributed by atoms with E-state index in [1.165, 1.54) is 4.90 Å². The van der Waals surface area contributed by atoms with E-state index in [2.05, 4.69) is 5.48 Å². The van der Waals surface area contributed by atoms with Crippen LogP contribution in [0, 0.1) is 0 Å². The minimum atomic E-state index is -1.09. The number of hydroxylamine groups is 1. The van der Waals surface area contributed by atoms with Gasteiger partial charge in [-0.1, -0.05) is 54.6 Å². The van der Waals surface area contributed by atoms with Gasteiger partial charge in [-0.15, -0.1) is 0 Å². The van der Waals surface area contributed by atoms with Crippen LogP contribution in [0.5, 0.6) is 0 Å². The molecule has 26 heavy (non-hydrogen) atoms. The second kappa shape index (κ2) is 5.24. The van der Waals surface area contributed by atoms with Gasteiger partial charge in [0, 0.05) is 16.5 Å². The molecule has 1 fully saturated rings. The first-order chi connectivity index (χ1) is 12.6. The topological polar surface area (TPSA) is 58.6 Å². The van der Waals surface area contributed by atoms with Gasteiger partial charge in [-0.05, 0) is 30.0 Å². The fraction of sp³-hybridized carbons (Fsp3) is 0.143. The van der Waals surface area contributed by atoms with E-state index in [1.54, 1.807) is 19.1 Å². The Hall–Kier alpha value is -3.02. The molecule has 2 unspecified atom stereocenters. The molecule has 0 saturated carbocycles. The van der Waals surface area contributed by atoms with Gasteiger partial charge in [0.15, 0.2) is 5.72 Å². The number of nitrogens with zero attached hydrogens (tertiary/aromatic N) is 1. The summed E-state index contributed by atoms with van der Waals surface area (Å²) in [5, 5.41) is 1.60. The molecule has 2 aliphatic rings. The van der Waals surface area contributed by atoms with Crippen molar-refractivity contribution in [1.29, 1.82) is 0 Å². The van der Waals surface area contributed by atoms with E-state index >= 15 is 0 Å². The molecule has 3 aromatic rings. The average molecular weight is 344 g/mol. The van der Waals surface area contributed by atoms with Crippen LogP contribution in [0.1, 0.15) is 39.2 Å². The number of hydrogen-bond acceptors (Lipinski definition) is 4. The Kier molecular flexibility index (Phi) is 3.07. The Bertz CT molecular complexity index is 1010. The normalized spacial score (nSPS) is 24.7. The molecule has 2 heterocycles. The van der Waals surface area contributed by atoms with Crippen molar-refractivity contribution in [2.75, 3.05) is 0 Å². The molecule has 0 aliphatic carbocycles. The highest BCUT2D eigenvalue weighted by molar-refractivity contribution is 6.25. The minimum absolute atomic E-state index is 0.291. The van der Waals surface area contributed by atoms with Crippen LogP contribution >= 0.6 is 0 Å². The summed E-state index contributed by atoms with van der Waals surface area (Å²) in [6.07, 6.45) is 0. The van der Waals surface area contributed by atoms with Crippen LogP contribution < -0.4 is 5.48 Å². The summed E-state index contributed by atoms with van der Waals surface area (Å²) in [6, 6.07) is 20.4. The standard InChI is InChI=1S/C21H16N2O3/c1-21(18(22-26-21)14-7-3-2-4-8-14)23-19(24)15-11-5-9-13-10-6-12-16(17(13)15)20(23)25/h2-12,18,22H,1H3. The fourth-order valence-corrected chi connectivity index (χ4v) is 3.92. The first-order valence-electron chi connectivity index (χ1n) is 8.50. The number of carbonyl (C=O) groups excluding carboxylic acids is 2. The van der Waals surface area contributed by atoms with Gasteiger partial charge in [0.05, 0.1) is 0 Å². The van der Waals surface area contributed by atoms with Crippen molar-refractivity contribution in [3.05, 3.63) is 83.4 Å². The van der Waals surface area contributed by atoms with Crippen molar-refractivity contribution >= 4 is 22.6 Å². The molecular weight excluding hydrogens is 328 g/mol. The predicted molar refractivity (Wildman–Crippen MR) is 96.3 cm³/mol. The summed E-state index contributed by atoms with van der Waals surface area (Å²) in [7, 11) is 0. The van der Waals surface area contributed by atoms with Crippen molar-refractivity contribution in [3.63, 3.8) is 0 Å². The Labute approximate surface area is 150 Å². The molecule has 5 rings (SSSR count). The lowest BCUT2D eigenvalue weighted by Crippen LogP contribution is -2.70. The SMILES string of the molecule is CC1(N2C(=O)c3cccc4cccc(c34)C2=O)ONC1c1ccccc1. The van der Waals surface area contributed by atoms with Gasteiger partial charge in [-0.2, -0.15) is 5.48 Å². The van der Waals surface area contributed by atoms with Crippen molar-refractivity contribution in [1.82, 2.24) is 10.4 Å². The molecule has 0 spiro atoms. The van der Waals surface area contributed by atoms with Crippen molar-refractivity contribution in [3.8, 4) is 0 Å². The lowest BCUT2D eigenvalue weighted by Gasteiger charge is -2.52. The summed E-state index contributed by atoms with van der Waals surface area (Å²) in [4.78, 5) is 33.3. The molecule has 0 radical (unpaired) electrons. The van der Waals surface area contributed by atoms with Gasteiger partial charge in [0.25, 0.3) is 11.8 Å². The highest BCUT2D eigenvalue weighted by Gasteiger charge is 2.56. The summed E-state index contributed by atoms with van der Waals surface area (Å²) in [5.41, 5.74) is 3.82. The van der Waals surface area contributed by atoms with Crippen molar-refractivity contribution in [2.24, 2.45) is 0 Å². The van der Waals surface area contributed by atoms with Gasteiger partial charge in [-0.25, -0.2) is 4.90 Å². The molecule has 2 amide bonds. The Morgan fingerprint density at radius 3 is 2.04 bits per heavy atom. The fourth-order valence-electron chi connectivity index (χ4n) is 3.92. The lowest BCUT2D eigenvalue weighted by atomic mass is 9.88.